The summed E-state index contributed by atoms with van der Waals surface area (Å²) in [7, 11) is 1.63. The number of carbonyl (C=O) groups excluding carboxylic acids is 1. The van der Waals surface area contributed by atoms with Crippen molar-refractivity contribution in [1.82, 2.24) is 19.2 Å². The Labute approximate surface area is 229 Å². The van der Waals surface area contributed by atoms with Crippen LogP contribution in [0.25, 0.3) is 28.0 Å². The minimum atomic E-state index is 0.0693. The molecule has 3 aromatic carbocycles. The molecule has 5 aromatic rings. The maximum absolute atomic E-state index is 13.1. The van der Waals surface area contributed by atoms with Crippen molar-refractivity contribution in [2.75, 3.05) is 33.3 Å². The number of carbonyl (C=O) groups is 1. The van der Waals surface area contributed by atoms with E-state index in [1.54, 1.807) is 7.11 Å². The highest BCUT2D eigenvalue weighted by Gasteiger charge is 2.24. The summed E-state index contributed by atoms with van der Waals surface area (Å²) in [5.41, 5.74) is 8.53. The number of ether oxygens (including phenoxy) is 1. The molecule has 1 amide bonds. The molecule has 0 bridgehead atoms. The van der Waals surface area contributed by atoms with E-state index >= 15 is 0 Å². The van der Waals surface area contributed by atoms with E-state index in [1.165, 1.54) is 22.4 Å². The highest BCUT2D eigenvalue weighted by Crippen LogP contribution is 2.29. The lowest BCUT2D eigenvalue weighted by Crippen LogP contribution is -2.48. The first-order valence-electron chi connectivity index (χ1n) is 13.4. The molecule has 6 rings (SSSR count). The number of imidazole rings is 1. The number of hydrogen-bond donors (Lipinski definition) is 0. The monoisotopic (exact) mass is 516 g/mol. The van der Waals surface area contributed by atoms with Gasteiger partial charge in [0.2, 0.25) is 0 Å². The van der Waals surface area contributed by atoms with Gasteiger partial charge < -0.3 is 14.0 Å². The van der Waals surface area contributed by atoms with Crippen molar-refractivity contribution in [2.24, 2.45) is 0 Å². The molecule has 2 aromatic heterocycles. The van der Waals surface area contributed by atoms with Gasteiger partial charge in [0.15, 0.2) is 0 Å². The Morgan fingerprint density at radius 1 is 0.821 bits per heavy atom. The van der Waals surface area contributed by atoms with E-state index < -0.39 is 0 Å². The molecule has 0 atom stereocenters. The topological polar surface area (TPSA) is 50.1 Å². The molecular formula is C33H32N4O2. The van der Waals surface area contributed by atoms with Crippen LogP contribution in [0.4, 0.5) is 0 Å². The summed E-state index contributed by atoms with van der Waals surface area (Å²) in [4.78, 5) is 22.5. The van der Waals surface area contributed by atoms with Crippen molar-refractivity contribution in [3.63, 3.8) is 0 Å². The molecule has 0 spiro atoms. The quantitative estimate of drug-likeness (QED) is 0.280. The highest BCUT2D eigenvalue weighted by atomic mass is 16.5. The first-order chi connectivity index (χ1) is 19.1. The summed E-state index contributed by atoms with van der Waals surface area (Å²) in [6.07, 6.45) is 2.21. The molecule has 1 fully saturated rings. The summed E-state index contributed by atoms with van der Waals surface area (Å²) < 4.78 is 7.47. The summed E-state index contributed by atoms with van der Waals surface area (Å²) >= 11 is 0. The van der Waals surface area contributed by atoms with E-state index in [0.717, 1.165) is 42.3 Å². The van der Waals surface area contributed by atoms with Crippen LogP contribution in [0.2, 0.25) is 0 Å². The van der Waals surface area contributed by atoms with Crippen LogP contribution in [0.3, 0.4) is 0 Å². The second kappa shape index (κ2) is 10.8. The average molecular weight is 517 g/mol. The molecule has 6 nitrogen and oxygen atoms in total. The van der Waals surface area contributed by atoms with Crippen LogP contribution >= 0.6 is 0 Å². The first kappa shape index (κ1) is 24.9. The zero-order chi connectivity index (χ0) is 26.8. The third-order valence-corrected chi connectivity index (χ3v) is 7.49. The third-order valence-electron chi connectivity index (χ3n) is 7.49. The maximum Gasteiger partial charge on any atom is 0.253 e. The second-order valence-electron chi connectivity index (χ2n) is 10.1. The van der Waals surface area contributed by atoms with Crippen LogP contribution in [0.1, 0.15) is 21.6 Å². The largest absolute Gasteiger partial charge is 0.497 e. The minimum Gasteiger partial charge on any atom is -0.497 e. The lowest BCUT2D eigenvalue weighted by molar-refractivity contribution is 0.0627. The fraction of sp³-hybridized carbons (Fsp3) is 0.212. The van der Waals surface area contributed by atoms with Crippen molar-refractivity contribution in [3.8, 4) is 28.1 Å². The smallest absolute Gasteiger partial charge is 0.253 e. The van der Waals surface area contributed by atoms with Crippen molar-refractivity contribution in [3.05, 3.63) is 114 Å². The Hall–Kier alpha value is -4.42. The number of pyridine rings is 1. The molecule has 6 heteroatoms. The van der Waals surface area contributed by atoms with Gasteiger partial charge in [-0.1, -0.05) is 60.2 Å². The molecule has 1 aliphatic rings. The van der Waals surface area contributed by atoms with Crippen LogP contribution in [0.5, 0.6) is 5.75 Å². The fourth-order valence-corrected chi connectivity index (χ4v) is 5.30. The lowest BCUT2D eigenvalue weighted by Gasteiger charge is -2.34. The Kier molecular flexibility index (Phi) is 6.86. The summed E-state index contributed by atoms with van der Waals surface area (Å²) in [5.74, 6) is 0.823. The van der Waals surface area contributed by atoms with Gasteiger partial charge in [-0.25, -0.2) is 4.98 Å². The van der Waals surface area contributed by atoms with Crippen LogP contribution < -0.4 is 4.74 Å². The van der Waals surface area contributed by atoms with E-state index in [0.29, 0.717) is 18.7 Å². The molecule has 0 radical (unpaired) electrons. The van der Waals surface area contributed by atoms with E-state index in [2.05, 4.69) is 83.1 Å². The van der Waals surface area contributed by atoms with Crippen LogP contribution in [-0.4, -0.2) is 58.4 Å². The summed E-state index contributed by atoms with van der Waals surface area (Å²) in [5, 5.41) is 0. The van der Waals surface area contributed by atoms with Crippen molar-refractivity contribution in [2.45, 2.75) is 13.5 Å². The van der Waals surface area contributed by atoms with Crippen molar-refractivity contribution in [1.29, 1.82) is 0 Å². The first-order valence-corrected chi connectivity index (χ1v) is 13.4. The van der Waals surface area contributed by atoms with Crippen molar-refractivity contribution < 1.29 is 9.53 Å². The molecular weight excluding hydrogens is 484 g/mol. The lowest BCUT2D eigenvalue weighted by atomic mass is 10.1. The summed E-state index contributed by atoms with van der Waals surface area (Å²) in [6.45, 7) is 5.87. The van der Waals surface area contributed by atoms with E-state index in [4.69, 9.17) is 9.72 Å². The van der Waals surface area contributed by atoms with Gasteiger partial charge in [-0.2, -0.15) is 0 Å². The number of methoxy groups -OCH3 is 1. The van der Waals surface area contributed by atoms with E-state index in [-0.39, 0.29) is 5.91 Å². The Morgan fingerprint density at radius 3 is 2.28 bits per heavy atom. The number of nitrogens with zero attached hydrogens (tertiary/aromatic N) is 4. The highest BCUT2D eigenvalue weighted by molar-refractivity contribution is 5.94. The van der Waals surface area contributed by atoms with Gasteiger partial charge in [0, 0.05) is 50.0 Å². The van der Waals surface area contributed by atoms with Gasteiger partial charge in [0.25, 0.3) is 5.91 Å². The zero-order valence-corrected chi connectivity index (χ0v) is 22.4. The van der Waals surface area contributed by atoms with Gasteiger partial charge in [-0.3, -0.25) is 9.69 Å². The number of aryl methyl sites for hydroxylation is 1. The van der Waals surface area contributed by atoms with Gasteiger partial charge in [-0.05, 0) is 54.4 Å². The van der Waals surface area contributed by atoms with Gasteiger partial charge in [0.1, 0.15) is 11.4 Å². The number of amides is 1. The predicted molar refractivity (Wildman–Crippen MR) is 155 cm³/mol. The molecule has 0 unspecified atom stereocenters. The maximum atomic E-state index is 13.1. The second-order valence-corrected chi connectivity index (χ2v) is 10.1. The fourth-order valence-electron chi connectivity index (χ4n) is 5.30. The van der Waals surface area contributed by atoms with Crippen LogP contribution in [-0.2, 0) is 6.54 Å². The molecule has 0 N–H and O–H groups in total. The molecule has 196 valence electrons. The standard InChI is InChI=1S/C33H32N4O2/c1-24-7-6-10-27(21-24)28-13-16-31-34-32(25-8-4-3-5-9-25)30(37(31)22-28)23-35-17-19-36(20-18-35)33(38)26-11-14-29(39-2)15-12-26/h3-16,21-22H,17-20,23H2,1-2H3. The van der Waals surface area contributed by atoms with Gasteiger partial charge >= 0.3 is 0 Å². The van der Waals surface area contributed by atoms with Crippen molar-refractivity contribution >= 4 is 11.6 Å². The van der Waals surface area contributed by atoms with Gasteiger partial charge in [0.05, 0.1) is 18.5 Å². The third kappa shape index (κ3) is 5.16. The minimum absolute atomic E-state index is 0.0693. The Balaban J connectivity index is 1.27. The molecule has 0 aliphatic carbocycles. The molecule has 0 saturated carbocycles. The number of hydrogen-bond acceptors (Lipinski definition) is 4. The normalized spacial score (nSPS) is 14.1. The SMILES string of the molecule is COc1ccc(C(=O)N2CCN(Cc3c(-c4ccccc4)nc4ccc(-c5cccc(C)c5)cn34)CC2)cc1. The molecule has 1 saturated heterocycles. The summed E-state index contributed by atoms with van der Waals surface area (Å²) in [6, 6.07) is 30.6. The number of rotatable bonds is 6. The van der Waals surface area contributed by atoms with E-state index in [9.17, 15) is 4.79 Å². The Bertz CT molecular complexity index is 1600. The zero-order valence-electron chi connectivity index (χ0n) is 22.4. The number of aromatic nitrogens is 2. The predicted octanol–water partition coefficient (Wildman–Crippen LogP) is 5.94. The molecule has 3 heterocycles. The Morgan fingerprint density at radius 2 is 1.56 bits per heavy atom. The number of fused-ring (bicyclic) bond motifs is 1. The average Bonchev–Trinajstić information content (AvgIpc) is 3.35. The van der Waals surface area contributed by atoms with Crippen LogP contribution in [0.15, 0.2) is 97.2 Å². The van der Waals surface area contributed by atoms with Gasteiger partial charge in [-0.15, -0.1) is 0 Å². The van der Waals surface area contributed by atoms with E-state index in [1.807, 2.05) is 35.2 Å². The molecule has 1 aliphatic heterocycles. The number of piperazine rings is 1. The molecule has 39 heavy (non-hydrogen) atoms. The number of benzene rings is 3. The van der Waals surface area contributed by atoms with Crippen LogP contribution in [0, 0.1) is 6.92 Å².